The molecule has 2 N–H and O–H groups in total. The van der Waals surface area contributed by atoms with Gasteiger partial charge < -0.3 is 14.7 Å². The molecule has 0 radical (unpaired) electrons. The third kappa shape index (κ3) is 5.49. The molecule has 0 unspecified atom stereocenters. The molecule has 0 fully saturated rings. The van der Waals surface area contributed by atoms with Crippen LogP contribution in [0.25, 0.3) is 0 Å². The van der Waals surface area contributed by atoms with Crippen LogP contribution in [0.5, 0.6) is 5.75 Å². The minimum atomic E-state index is -1.09. The molecule has 136 valence electrons. The van der Waals surface area contributed by atoms with Crippen molar-refractivity contribution in [2.24, 2.45) is 5.10 Å². The fraction of sp³-hybridized carbons (Fsp3) is 0.167. The highest BCUT2D eigenvalue weighted by Gasteiger charge is 2.07. The molecule has 0 saturated carbocycles. The zero-order valence-corrected chi connectivity index (χ0v) is 15.0. The molecule has 8 heteroatoms. The van der Waals surface area contributed by atoms with Gasteiger partial charge in [0.2, 0.25) is 0 Å². The van der Waals surface area contributed by atoms with Crippen molar-refractivity contribution in [3.05, 3.63) is 58.6 Å². The van der Waals surface area contributed by atoms with Crippen molar-refractivity contribution in [1.82, 2.24) is 5.43 Å². The highest BCUT2D eigenvalue weighted by atomic mass is 35.5. The number of nitrogens with one attached hydrogen (secondary N) is 1. The normalized spacial score (nSPS) is 10.6. The molecular formula is C18H18ClN3O4. The summed E-state index contributed by atoms with van der Waals surface area (Å²) < 4.78 is 5.03. The van der Waals surface area contributed by atoms with Crippen LogP contribution >= 0.6 is 11.6 Å². The summed E-state index contributed by atoms with van der Waals surface area (Å²) >= 11 is 6.03. The van der Waals surface area contributed by atoms with Crippen molar-refractivity contribution < 1.29 is 19.4 Å². The summed E-state index contributed by atoms with van der Waals surface area (Å²) in [4.78, 5) is 24.5. The van der Waals surface area contributed by atoms with Crippen LogP contribution in [0.1, 0.15) is 15.9 Å². The Balaban J connectivity index is 1.99. The minimum Gasteiger partial charge on any atom is -0.480 e. The monoisotopic (exact) mass is 375 g/mol. The molecule has 0 aliphatic carbocycles. The Morgan fingerprint density at radius 3 is 2.69 bits per heavy atom. The Morgan fingerprint density at radius 2 is 2.04 bits per heavy atom. The van der Waals surface area contributed by atoms with Crippen molar-refractivity contribution in [3.63, 3.8) is 0 Å². The van der Waals surface area contributed by atoms with Crippen LogP contribution in [-0.2, 0) is 4.79 Å². The number of aliphatic carboxylic acids is 1. The molecule has 0 bridgehead atoms. The second-order valence-corrected chi connectivity index (χ2v) is 5.92. The summed E-state index contributed by atoms with van der Waals surface area (Å²) in [5.41, 5.74) is 4.47. The molecule has 1 amide bonds. The third-order valence-electron chi connectivity index (χ3n) is 3.31. The molecule has 0 atom stereocenters. The summed E-state index contributed by atoms with van der Waals surface area (Å²) in [7, 11) is 3.78. The van der Waals surface area contributed by atoms with Crippen LogP contribution in [0.2, 0.25) is 5.02 Å². The van der Waals surface area contributed by atoms with Gasteiger partial charge in [0.25, 0.3) is 5.91 Å². The molecule has 26 heavy (non-hydrogen) atoms. The summed E-state index contributed by atoms with van der Waals surface area (Å²) in [5.74, 6) is -1.17. The number of hydrazone groups is 1. The van der Waals surface area contributed by atoms with Gasteiger partial charge >= 0.3 is 5.97 Å². The Hall–Kier alpha value is -3.06. The number of nitrogens with zero attached hydrogens (tertiary/aromatic N) is 2. The van der Waals surface area contributed by atoms with E-state index in [0.717, 1.165) is 5.69 Å². The standard InChI is InChI=1S/C18H18ClN3O4/c1-22(2)14-5-3-4-13(9-14)18(25)21-20-10-12-6-7-16(15(19)8-12)26-11-17(23)24/h3-10H,11H2,1-2H3,(H,21,25)(H,23,24)/b20-10+. The molecule has 0 heterocycles. The number of benzene rings is 2. The number of carbonyl (C=O) groups is 2. The van der Waals surface area contributed by atoms with Crippen LogP contribution in [0.3, 0.4) is 0 Å². The molecule has 2 rings (SSSR count). The summed E-state index contributed by atoms with van der Waals surface area (Å²) in [6, 6.07) is 11.9. The lowest BCUT2D eigenvalue weighted by Gasteiger charge is -2.12. The van der Waals surface area contributed by atoms with E-state index >= 15 is 0 Å². The van der Waals surface area contributed by atoms with E-state index in [0.29, 0.717) is 11.1 Å². The number of rotatable bonds is 7. The van der Waals surface area contributed by atoms with Crippen LogP contribution in [0.15, 0.2) is 47.6 Å². The SMILES string of the molecule is CN(C)c1cccc(C(=O)N/N=C/c2ccc(OCC(=O)O)c(Cl)c2)c1. The minimum absolute atomic E-state index is 0.250. The molecule has 0 aromatic heterocycles. The van der Waals surface area contributed by atoms with Crippen molar-refractivity contribution in [3.8, 4) is 5.75 Å². The second-order valence-electron chi connectivity index (χ2n) is 5.52. The lowest BCUT2D eigenvalue weighted by Crippen LogP contribution is -2.18. The number of carboxylic acids is 1. The largest absolute Gasteiger partial charge is 0.480 e. The van der Waals surface area contributed by atoms with Gasteiger partial charge in [0.1, 0.15) is 5.75 Å². The number of hydrogen-bond donors (Lipinski definition) is 2. The molecule has 0 spiro atoms. The van der Waals surface area contributed by atoms with E-state index in [1.54, 1.807) is 30.3 Å². The quantitative estimate of drug-likeness (QED) is 0.573. The van der Waals surface area contributed by atoms with E-state index in [-0.39, 0.29) is 16.7 Å². The summed E-state index contributed by atoms with van der Waals surface area (Å²) in [6.45, 7) is -0.477. The lowest BCUT2D eigenvalue weighted by molar-refractivity contribution is -0.139. The Labute approximate surface area is 155 Å². The highest BCUT2D eigenvalue weighted by Crippen LogP contribution is 2.24. The number of carboxylic acid groups (broad SMARTS) is 1. The van der Waals surface area contributed by atoms with Crippen LogP contribution in [-0.4, -0.2) is 43.9 Å². The van der Waals surface area contributed by atoms with Gasteiger partial charge in [0, 0.05) is 25.3 Å². The molecule has 0 aliphatic heterocycles. The smallest absolute Gasteiger partial charge is 0.341 e. The average Bonchev–Trinajstić information content (AvgIpc) is 2.60. The Morgan fingerprint density at radius 1 is 1.27 bits per heavy atom. The molecule has 0 saturated heterocycles. The van der Waals surface area contributed by atoms with Gasteiger partial charge in [-0.15, -0.1) is 0 Å². The van der Waals surface area contributed by atoms with Crippen molar-refractivity contribution in [2.75, 3.05) is 25.6 Å². The maximum absolute atomic E-state index is 12.1. The van der Waals surface area contributed by atoms with E-state index in [1.165, 1.54) is 12.3 Å². The van der Waals surface area contributed by atoms with Gasteiger partial charge in [0.05, 0.1) is 11.2 Å². The van der Waals surface area contributed by atoms with Gasteiger partial charge in [-0.05, 0) is 42.0 Å². The highest BCUT2D eigenvalue weighted by molar-refractivity contribution is 6.32. The molecular weight excluding hydrogens is 358 g/mol. The van der Waals surface area contributed by atoms with E-state index < -0.39 is 12.6 Å². The number of halogens is 1. The van der Waals surface area contributed by atoms with Gasteiger partial charge in [0.15, 0.2) is 6.61 Å². The maximum Gasteiger partial charge on any atom is 0.341 e. The number of carbonyl (C=O) groups excluding carboxylic acids is 1. The average molecular weight is 376 g/mol. The van der Waals surface area contributed by atoms with Crippen LogP contribution in [0.4, 0.5) is 5.69 Å². The van der Waals surface area contributed by atoms with E-state index in [2.05, 4.69) is 10.5 Å². The van der Waals surface area contributed by atoms with Gasteiger partial charge in [-0.2, -0.15) is 5.10 Å². The molecule has 7 nitrogen and oxygen atoms in total. The van der Waals surface area contributed by atoms with Gasteiger partial charge in [-0.3, -0.25) is 4.79 Å². The summed E-state index contributed by atoms with van der Waals surface area (Å²) in [5, 5.41) is 12.8. The predicted octanol–water partition coefficient (Wildman–Crippen LogP) is 2.63. The molecule has 2 aromatic carbocycles. The molecule has 0 aliphatic rings. The van der Waals surface area contributed by atoms with Crippen LogP contribution < -0.4 is 15.1 Å². The lowest BCUT2D eigenvalue weighted by atomic mass is 10.2. The van der Waals surface area contributed by atoms with Gasteiger partial charge in [-0.1, -0.05) is 17.7 Å². The Bertz CT molecular complexity index is 837. The zero-order valence-electron chi connectivity index (χ0n) is 14.3. The maximum atomic E-state index is 12.1. The second kappa shape index (κ2) is 8.87. The topological polar surface area (TPSA) is 91.2 Å². The van der Waals surface area contributed by atoms with Gasteiger partial charge in [-0.25, -0.2) is 10.2 Å². The first-order valence-electron chi connectivity index (χ1n) is 7.62. The fourth-order valence-electron chi connectivity index (χ4n) is 2.01. The van der Waals surface area contributed by atoms with E-state index in [1.807, 2.05) is 25.1 Å². The van der Waals surface area contributed by atoms with E-state index in [4.69, 9.17) is 21.4 Å². The van der Waals surface area contributed by atoms with E-state index in [9.17, 15) is 9.59 Å². The number of ether oxygens (including phenoxy) is 1. The zero-order chi connectivity index (χ0) is 19.1. The van der Waals surface area contributed by atoms with Crippen molar-refractivity contribution in [2.45, 2.75) is 0 Å². The van der Waals surface area contributed by atoms with Crippen molar-refractivity contribution in [1.29, 1.82) is 0 Å². The third-order valence-corrected chi connectivity index (χ3v) is 3.61. The van der Waals surface area contributed by atoms with Crippen molar-refractivity contribution >= 4 is 35.4 Å². The number of amides is 1. The Kier molecular flexibility index (Phi) is 6.57. The van der Waals surface area contributed by atoms with Crippen LogP contribution in [0, 0.1) is 0 Å². The number of hydrogen-bond acceptors (Lipinski definition) is 5. The number of anilines is 1. The fourth-order valence-corrected chi connectivity index (χ4v) is 2.25. The first kappa shape index (κ1) is 19.3. The molecule has 2 aromatic rings. The predicted molar refractivity (Wildman–Crippen MR) is 100 cm³/mol. The summed E-state index contributed by atoms with van der Waals surface area (Å²) in [6.07, 6.45) is 1.43. The first-order valence-corrected chi connectivity index (χ1v) is 7.99. The first-order chi connectivity index (χ1) is 12.4.